The first-order chi connectivity index (χ1) is 8.69. The SMILES string of the molecule is CCNC(C)c1cnc(Cc2cccc(Br)c2)[nH]1. The summed E-state index contributed by atoms with van der Waals surface area (Å²) in [5.41, 5.74) is 2.39. The maximum atomic E-state index is 4.43. The van der Waals surface area contributed by atoms with Gasteiger partial charge in [-0.2, -0.15) is 0 Å². The van der Waals surface area contributed by atoms with Crippen molar-refractivity contribution in [3.8, 4) is 0 Å². The summed E-state index contributed by atoms with van der Waals surface area (Å²) in [6.07, 6.45) is 2.75. The van der Waals surface area contributed by atoms with Gasteiger partial charge in [0, 0.05) is 23.1 Å². The third-order valence-corrected chi connectivity index (χ3v) is 3.38. The predicted molar refractivity (Wildman–Crippen MR) is 77.6 cm³/mol. The third-order valence-electron chi connectivity index (χ3n) is 2.89. The first-order valence-corrected chi connectivity index (χ1v) is 7.00. The fourth-order valence-electron chi connectivity index (χ4n) is 1.94. The summed E-state index contributed by atoms with van der Waals surface area (Å²) in [5.74, 6) is 1.01. The van der Waals surface area contributed by atoms with Crippen molar-refractivity contribution in [3.05, 3.63) is 52.0 Å². The molecular weight excluding hydrogens is 290 g/mol. The van der Waals surface area contributed by atoms with Crippen LogP contribution in [0.1, 0.15) is 37.0 Å². The molecule has 96 valence electrons. The van der Waals surface area contributed by atoms with E-state index in [1.165, 1.54) is 5.56 Å². The zero-order chi connectivity index (χ0) is 13.0. The van der Waals surface area contributed by atoms with E-state index in [1.54, 1.807) is 0 Å². The lowest BCUT2D eigenvalue weighted by Crippen LogP contribution is -2.17. The largest absolute Gasteiger partial charge is 0.344 e. The minimum atomic E-state index is 0.318. The molecule has 18 heavy (non-hydrogen) atoms. The molecule has 0 bridgehead atoms. The lowest BCUT2D eigenvalue weighted by molar-refractivity contribution is 0.585. The number of aromatic amines is 1. The summed E-state index contributed by atoms with van der Waals surface area (Å²) in [4.78, 5) is 7.81. The molecule has 1 atom stereocenters. The number of imidazole rings is 1. The minimum absolute atomic E-state index is 0.318. The predicted octanol–water partition coefficient (Wildman–Crippen LogP) is 3.43. The van der Waals surface area contributed by atoms with Gasteiger partial charge in [0.25, 0.3) is 0 Å². The maximum Gasteiger partial charge on any atom is 0.110 e. The van der Waals surface area contributed by atoms with Crippen molar-refractivity contribution in [2.75, 3.05) is 6.54 Å². The zero-order valence-electron chi connectivity index (χ0n) is 10.7. The Morgan fingerprint density at radius 3 is 3.00 bits per heavy atom. The van der Waals surface area contributed by atoms with Crippen molar-refractivity contribution in [2.45, 2.75) is 26.3 Å². The van der Waals surface area contributed by atoms with Gasteiger partial charge < -0.3 is 10.3 Å². The molecule has 4 heteroatoms. The van der Waals surface area contributed by atoms with Gasteiger partial charge in [-0.1, -0.05) is 35.0 Å². The highest BCUT2D eigenvalue weighted by Crippen LogP contribution is 2.15. The standard InChI is InChI=1S/C14H18BrN3/c1-3-16-10(2)13-9-17-14(18-13)8-11-5-4-6-12(15)7-11/h4-7,9-10,16H,3,8H2,1-2H3,(H,17,18). The Hall–Kier alpha value is -1.13. The Kier molecular flexibility index (Phi) is 4.55. The van der Waals surface area contributed by atoms with E-state index < -0.39 is 0 Å². The van der Waals surface area contributed by atoms with Crippen molar-refractivity contribution in [1.29, 1.82) is 0 Å². The monoisotopic (exact) mass is 307 g/mol. The summed E-state index contributed by atoms with van der Waals surface area (Å²) in [5, 5.41) is 3.37. The molecule has 1 aromatic heterocycles. The van der Waals surface area contributed by atoms with Crippen LogP contribution in [0.15, 0.2) is 34.9 Å². The summed E-state index contributed by atoms with van der Waals surface area (Å²) >= 11 is 3.48. The number of benzene rings is 1. The number of rotatable bonds is 5. The highest BCUT2D eigenvalue weighted by atomic mass is 79.9. The maximum absolute atomic E-state index is 4.43. The molecule has 0 fully saturated rings. The minimum Gasteiger partial charge on any atom is -0.344 e. The van der Waals surface area contributed by atoms with Crippen molar-refractivity contribution in [3.63, 3.8) is 0 Å². The van der Waals surface area contributed by atoms with Crippen LogP contribution in [0, 0.1) is 0 Å². The van der Waals surface area contributed by atoms with Crippen LogP contribution in [0.25, 0.3) is 0 Å². The second kappa shape index (κ2) is 6.16. The molecule has 2 N–H and O–H groups in total. The van der Waals surface area contributed by atoms with Gasteiger partial charge >= 0.3 is 0 Å². The van der Waals surface area contributed by atoms with E-state index in [0.29, 0.717) is 6.04 Å². The van der Waals surface area contributed by atoms with Crippen LogP contribution in [0.4, 0.5) is 0 Å². The van der Waals surface area contributed by atoms with Gasteiger partial charge in [0.1, 0.15) is 5.82 Å². The average molecular weight is 308 g/mol. The molecule has 1 heterocycles. The van der Waals surface area contributed by atoms with Crippen molar-refractivity contribution >= 4 is 15.9 Å². The molecule has 1 aromatic carbocycles. The first kappa shape index (κ1) is 13.3. The second-order valence-electron chi connectivity index (χ2n) is 4.37. The van der Waals surface area contributed by atoms with Crippen LogP contribution in [-0.4, -0.2) is 16.5 Å². The van der Waals surface area contributed by atoms with E-state index in [1.807, 2.05) is 18.3 Å². The smallest absolute Gasteiger partial charge is 0.110 e. The topological polar surface area (TPSA) is 40.7 Å². The number of H-pyrrole nitrogens is 1. The Balaban J connectivity index is 2.06. The number of nitrogens with one attached hydrogen (secondary N) is 2. The molecule has 0 aliphatic rings. The van der Waals surface area contributed by atoms with Crippen LogP contribution in [-0.2, 0) is 6.42 Å². The zero-order valence-corrected chi connectivity index (χ0v) is 12.3. The van der Waals surface area contributed by atoms with Crippen LogP contribution in [0.5, 0.6) is 0 Å². The van der Waals surface area contributed by atoms with Crippen LogP contribution >= 0.6 is 15.9 Å². The lowest BCUT2D eigenvalue weighted by Gasteiger charge is -2.09. The first-order valence-electron chi connectivity index (χ1n) is 6.20. The van der Waals surface area contributed by atoms with E-state index >= 15 is 0 Å². The number of nitrogens with zero attached hydrogens (tertiary/aromatic N) is 1. The Morgan fingerprint density at radius 2 is 2.28 bits per heavy atom. The van der Waals surface area contributed by atoms with E-state index in [9.17, 15) is 0 Å². The molecule has 2 rings (SSSR count). The highest BCUT2D eigenvalue weighted by Gasteiger charge is 2.08. The van der Waals surface area contributed by atoms with Gasteiger partial charge in [0.2, 0.25) is 0 Å². The van der Waals surface area contributed by atoms with Gasteiger partial charge in [-0.25, -0.2) is 4.98 Å². The average Bonchev–Trinajstić information content (AvgIpc) is 2.78. The van der Waals surface area contributed by atoms with Gasteiger partial charge in [0.05, 0.1) is 5.69 Å². The van der Waals surface area contributed by atoms with Gasteiger partial charge in [-0.3, -0.25) is 0 Å². The summed E-state index contributed by atoms with van der Waals surface area (Å²) < 4.78 is 1.10. The molecule has 0 spiro atoms. The molecule has 0 amide bonds. The lowest BCUT2D eigenvalue weighted by atomic mass is 10.1. The Morgan fingerprint density at radius 1 is 1.44 bits per heavy atom. The van der Waals surface area contributed by atoms with E-state index in [2.05, 4.69) is 57.2 Å². The Bertz CT molecular complexity index is 507. The number of hydrogen-bond acceptors (Lipinski definition) is 2. The molecule has 0 radical (unpaired) electrons. The molecule has 0 aliphatic carbocycles. The number of aromatic nitrogens is 2. The highest BCUT2D eigenvalue weighted by molar-refractivity contribution is 9.10. The molecule has 0 saturated heterocycles. The molecule has 1 unspecified atom stereocenters. The normalized spacial score (nSPS) is 12.6. The Labute approximate surface area is 116 Å². The molecule has 0 aliphatic heterocycles. The molecular formula is C14H18BrN3. The van der Waals surface area contributed by atoms with E-state index in [4.69, 9.17) is 0 Å². The molecule has 2 aromatic rings. The quantitative estimate of drug-likeness (QED) is 0.888. The van der Waals surface area contributed by atoms with Gasteiger partial charge in [-0.05, 0) is 31.2 Å². The van der Waals surface area contributed by atoms with Crippen molar-refractivity contribution < 1.29 is 0 Å². The van der Waals surface area contributed by atoms with Crippen LogP contribution < -0.4 is 5.32 Å². The molecule has 0 saturated carbocycles. The third kappa shape index (κ3) is 3.43. The van der Waals surface area contributed by atoms with Crippen molar-refractivity contribution in [2.24, 2.45) is 0 Å². The van der Waals surface area contributed by atoms with Gasteiger partial charge in [0.15, 0.2) is 0 Å². The van der Waals surface area contributed by atoms with E-state index in [-0.39, 0.29) is 0 Å². The van der Waals surface area contributed by atoms with Gasteiger partial charge in [-0.15, -0.1) is 0 Å². The van der Waals surface area contributed by atoms with Crippen LogP contribution in [0.2, 0.25) is 0 Å². The fraction of sp³-hybridized carbons (Fsp3) is 0.357. The molecule has 3 nitrogen and oxygen atoms in total. The second-order valence-corrected chi connectivity index (χ2v) is 5.29. The number of hydrogen-bond donors (Lipinski definition) is 2. The fourth-order valence-corrected chi connectivity index (χ4v) is 2.39. The summed E-state index contributed by atoms with van der Waals surface area (Å²) in [7, 11) is 0. The van der Waals surface area contributed by atoms with E-state index in [0.717, 1.165) is 29.0 Å². The van der Waals surface area contributed by atoms with Crippen molar-refractivity contribution in [1.82, 2.24) is 15.3 Å². The number of halogens is 1. The summed E-state index contributed by atoms with van der Waals surface area (Å²) in [6, 6.07) is 8.63. The van der Waals surface area contributed by atoms with Crippen LogP contribution in [0.3, 0.4) is 0 Å². The summed E-state index contributed by atoms with van der Waals surface area (Å²) in [6.45, 7) is 5.20.